The van der Waals surface area contributed by atoms with Gasteiger partial charge in [-0.15, -0.1) is 12.4 Å². The molecule has 1 amide bonds. The van der Waals surface area contributed by atoms with Crippen molar-refractivity contribution >= 4 is 18.3 Å². The molecule has 0 fully saturated rings. The molecule has 6 heteroatoms. The highest BCUT2D eigenvalue weighted by Crippen LogP contribution is 2.17. The SMILES string of the molecule is CC(CNC(=O)[C@@H](N)C(C)(C)C)Oc1cccc(F)c1.Cl. The van der Waals surface area contributed by atoms with E-state index in [9.17, 15) is 9.18 Å². The number of hydrogen-bond acceptors (Lipinski definition) is 3. The number of carbonyl (C=O) groups excluding carboxylic acids is 1. The molecule has 21 heavy (non-hydrogen) atoms. The first-order valence-electron chi connectivity index (χ1n) is 6.65. The number of halogens is 2. The molecule has 0 aromatic heterocycles. The van der Waals surface area contributed by atoms with Gasteiger partial charge < -0.3 is 15.8 Å². The standard InChI is InChI=1S/C15H23FN2O2.ClH/c1-10(20-12-7-5-6-11(16)8-12)9-18-14(19)13(17)15(2,3)4;/h5-8,10,13H,9,17H2,1-4H3,(H,18,19);1H/t10?,13-;/m1./s1. The number of rotatable bonds is 5. The Kier molecular flexibility index (Phi) is 7.68. The second kappa shape index (κ2) is 8.20. The van der Waals surface area contributed by atoms with Crippen molar-refractivity contribution in [3.63, 3.8) is 0 Å². The monoisotopic (exact) mass is 318 g/mol. The maximum absolute atomic E-state index is 13.0. The van der Waals surface area contributed by atoms with E-state index in [2.05, 4.69) is 5.32 Å². The summed E-state index contributed by atoms with van der Waals surface area (Å²) in [7, 11) is 0. The highest BCUT2D eigenvalue weighted by atomic mass is 35.5. The number of benzene rings is 1. The maximum Gasteiger partial charge on any atom is 0.237 e. The Morgan fingerprint density at radius 2 is 2.05 bits per heavy atom. The van der Waals surface area contributed by atoms with Gasteiger partial charge in [-0.1, -0.05) is 26.8 Å². The molecule has 0 heterocycles. The summed E-state index contributed by atoms with van der Waals surface area (Å²) < 4.78 is 18.5. The topological polar surface area (TPSA) is 64.4 Å². The first kappa shape index (κ1) is 19.7. The fourth-order valence-corrected chi connectivity index (χ4v) is 1.56. The Morgan fingerprint density at radius 1 is 1.43 bits per heavy atom. The molecule has 3 N–H and O–H groups in total. The van der Waals surface area contributed by atoms with Crippen molar-refractivity contribution in [1.29, 1.82) is 0 Å². The summed E-state index contributed by atoms with van der Waals surface area (Å²) in [6.07, 6.45) is -0.270. The van der Waals surface area contributed by atoms with E-state index in [1.165, 1.54) is 12.1 Å². The van der Waals surface area contributed by atoms with Gasteiger partial charge in [0.1, 0.15) is 17.7 Å². The summed E-state index contributed by atoms with van der Waals surface area (Å²) in [4.78, 5) is 11.8. The largest absolute Gasteiger partial charge is 0.489 e. The average molecular weight is 319 g/mol. The molecule has 1 aromatic rings. The van der Waals surface area contributed by atoms with Crippen LogP contribution in [0.15, 0.2) is 24.3 Å². The van der Waals surface area contributed by atoms with Crippen molar-refractivity contribution in [2.45, 2.75) is 39.8 Å². The summed E-state index contributed by atoms with van der Waals surface area (Å²) in [5, 5.41) is 2.74. The Morgan fingerprint density at radius 3 is 2.57 bits per heavy atom. The van der Waals surface area contributed by atoms with Crippen molar-refractivity contribution < 1.29 is 13.9 Å². The van der Waals surface area contributed by atoms with Crippen molar-refractivity contribution in [2.24, 2.45) is 11.1 Å². The summed E-state index contributed by atoms with van der Waals surface area (Å²) in [5.41, 5.74) is 5.56. The molecule has 1 rings (SSSR count). The van der Waals surface area contributed by atoms with Crippen molar-refractivity contribution in [1.82, 2.24) is 5.32 Å². The van der Waals surface area contributed by atoms with E-state index in [1.807, 2.05) is 20.8 Å². The van der Waals surface area contributed by atoms with Crippen LogP contribution >= 0.6 is 12.4 Å². The molecule has 0 radical (unpaired) electrons. The predicted molar refractivity (Wildman–Crippen MR) is 84.2 cm³/mol. The van der Waals surface area contributed by atoms with Gasteiger partial charge in [0, 0.05) is 6.07 Å². The fourth-order valence-electron chi connectivity index (χ4n) is 1.56. The van der Waals surface area contributed by atoms with Crippen LogP contribution in [0.1, 0.15) is 27.7 Å². The molecule has 0 bridgehead atoms. The molecule has 120 valence electrons. The Balaban J connectivity index is 0.00000400. The van der Waals surface area contributed by atoms with Gasteiger partial charge in [0.2, 0.25) is 5.91 Å². The van der Waals surface area contributed by atoms with E-state index in [4.69, 9.17) is 10.5 Å². The third-order valence-electron chi connectivity index (χ3n) is 2.91. The van der Waals surface area contributed by atoms with Crippen LogP contribution in [0.25, 0.3) is 0 Å². The van der Waals surface area contributed by atoms with Gasteiger partial charge in [-0.2, -0.15) is 0 Å². The second-order valence-corrected chi connectivity index (χ2v) is 5.97. The normalized spacial score (nSPS) is 13.8. The maximum atomic E-state index is 13.0. The smallest absolute Gasteiger partial charge is 0.237 e. The zero-order valence-corrected chi connectivity index (χ0v) is 13.7. The van der Waals surface area contributed by atoms with E-state index >= 15 is 0 Å². The molecule has 0 saturated carbocycles. The Hall–Kier alpha value is -1.33. The molecular weight excluding hydrogens is 295 g/mol. The fraction of sp³-hybridized carbons (Fsp3) is 0.533. The summed E-state index contributed by atoms with van der Waals surface area (Å²) in [5.74, 6) is -0.132. The lowest BCUT2D eigenvalue weighted by Crippen LogP contribution is -2.50. The molecule has 0 aliphatic carbocycles. The third kappa shape index (κ3) is 6.78. The van der Waals surface area contributed by atoms with E-state index in [-0.39, 0.29) is 35.7 Å². The molecule has 0 aliphatic heterocycles. The van der Waals surface area contributed by atoms with E-state index in [0.29, 0.717) is 12.3 Å². The van der Waals surface area contributed by atoms with Crippen molar-refractivity contribution in [3.8, 4) is 5.75 Å². The first-order valence-corrected chi connectivity index (χ1v) is 6.65. The van der Waals surface area contributed by atoms with Crippen molar-refractivity contribution in [3.05, 3.63) is 30.1 Å². The molecule has 1 aromatic carbocycles. The van der Waals surface area contributed by atoms with E-state index in [1.54, 1.807) is 19.1 Å². The zero-order chi connectivity index (χ0) is 15.3. The van der Waals surface area contributed by atoms with Crippen LogP contribution in [0.2, 0.25) is 0 Å². The van der Waals surface area contributed by atoms with Crippen LogP contribution < -0.4 is 15.8 Å². The lowest BCUT2D eigenvalue weighted by atomic mass is 9.87. The van der Waals surface area contributed by atoms with Crippen LogP contribution in [0, 0.1) is 11.2 Å². The minimum absolute atomic E-state index is 0. The number of carbonyl (C=O) groups is 1. The Bertz CT molecular complexity index is 463. The minimum atomic E-state index is -0.580. The summed E-state index contributed by atoms with van der Waals surface area (Å²) in [6, 6.07) is 5.32. The van der Waals surface area contributed by atoms with Gasteiger partial charge in [-0.3, -0.25) is 4.79 Å². The molecule has 1 unspecified atom stereocenters. The number of amides is 1. The number of nitrogens with one attached hydrogen (secondary N) is 1. The molecule has 2 atom stereocenters. The van der Waals surface area contributed by atoms with Gasteiger partial charge >= 0.3 is 0 Å². The quantitative estimate of drug-likeness (QED) is 0.876. The molecule has 4 nitrogen and oxygen atoms in total. The van der Waals surface area contributed by atoms with Crippen LogP contribution in [0.5, 0.6) is 5.75 Å². The average Bonchev–Trinajstić information content (AvgIpc) is 2.34. The third-order valence-corrected chi connectivity index (χ3v) is 2.91. The predicted octanol–water partition coefficient (Wildman–Crippen LogP) is 2.50. The van der Waals surface area contributed by atoms with Gasteiger partial charge in [0.25, 0.3) is 0 Å². The molecule has 0 spiro atoms. The summed E-state index contributed by atoms with van der Waals surface area (Å²) in [6.45, 7) is 7.84. The number of ether oxygens (including phenoxy) is 1. The van der Waals surface area contributed by atoms with E-state index < -0.39 is 6.04 Å². The molecule has 0 aliphatic rings. The van der Waals surface area contributed by atoms with Crippen LogP contribution in [0.4, 0.5) is 4.39 Å². The summed E-state index contributed by atoms with van der Waals surface area (Å²) >= 11 is 0. The molecular formula is C15H24ClFN2O2. The van der Waals surface area contributed by atoms with Crippen LogP contribution in [0.3, 0.4) is 0 Å². The Labute approximate surface area is 131 Å². The number of hydrogen-bond donors (Lipinski definition) is 2. The van der Waals surface area contributed by atoms with E-state index in [0.717, 1.165) is 0 Å². The lowest BCUT2D eigenvalue weighted by Gasteiger charge is -2.26. The van der Waals surface area contributed by atoms with Gasteiger partial charge in [0.05, 0.1) is 12.6 Å². The number of nitrogens with two attached hydrogens (primary N) is 1. The highest BCUT2D eigenvalue weighted by Gasteiger charge is 2.27. The van der Waals surface area contributed by atoms with Gasteiger partial charge in [0.15, 0.2) is 0 Å². The van der Waals surface area contributed by atoms with Gasteiger partial charge in [-0.05, 0) is 24.5 Å². The first-order chi connectivity index (χ1) is 9.20. The van der Waals surface area contributed by atoms with Crippen molar-refractivity contribution in [2.75, 3.05) is 6.54 Å². The highest BCUT2D eigenvalue weighted by molar-refractivity contribution is 5.85. The second-order valence-electron chi connectivity index (χ2n) is 5.97. The molecule has 0 saturated heterocycles. The minimum Gasteiger partial charge on any atom is -0.489 e. The lowest BCUT2D eigenvalue weighted by molar-refractivity contribution is -0.124. The zero-order valence-electron chi connectivity index (χ0n) is 12.9. The van der Waals surface area contributed by atoms with Crippen LogP contribution in [-0.2, 0) is 4.79 Å². The van der Waals surface area contributed by atoms with Crippen LogP contribution in [-0.4, -0.2) is 24.6 Å². The van der Waals surface area contributed by atoms with Gasteiger partial charge in [-0.25, -0.2) is 4.39 Å².